The van der Waals surface area contributed by atoms with Crippen LogP contribution in [-0.2, 0) is 15.6 Å². The minimum Gasteiger partial charge on any atom is -0.416 e. The van der Waals surface area contributed by atoms with Crippen LogP contribution in [-0.4, -0.2) is 51.4 Å². The van der Waals surface area contributed by atoms with Crippen LogP contribution < -0.4 is 4.90 Å². The zero-order valence-electron chi connectivity index (χ0n) is 17.9. The van der Waals surface area contributed by atoms with E-state index < -0.39 is 8.32 Å². The Kier molecular flexibility index (Phi) is 6.53. The van der Waals surface area contributed by atoms with E-state index in [1.807, 2.05) is 12.3 Å². The standard InChI is InChI=1S/C22H33N3O2Si/c1-22(2,3)28(4,5)27-14-11-19-20(18-9-7-6-8-10-18)17-23-24-21(19)25-12-15-26-16-13-25/h6-10,17H,11-16H2,1-5H3. The predicted molar refractivity (Wildman–Crippen MR) is 117 cm³/mol. The van der Waals surface area contributed by atoms with Crippen LogP contribution in [0.4, 0.5) is 5.82 Å². The lowest BCUT2D eigenvalue weighted by molar-refractivity contribution is 0.122. The first kappa shape index (κ1) is 21.0. The van der Waals surface area contributed by atoms with Crippen molar-refractivity contribution in [1.82, 2.24) is 10.2 Å². The highest BCUT2D eigenvalue weighted by Gasteiger charge is 2.37. The summed E-state index contributed by atoms with van der Waals surface area (Å²) in [5.74, 6) is 0.975. The van der Waals surface area contributed by atoms with Crippen molar-refractivity contribution in [1.29, 1.82) is 0 Å². The SMILES string of the molecule is CC(C)(C)[Si](C)(C)OCCc1c(-c2ccccc2)cnnc1N1CCOCC1. The molecule has 1 aromatic heterocycles. The van der Waals surface area contributed by atoms with E-state index >= 15 is 0 Å². The maximum atomic E-state index is 6.48. The van der Waals surface area contributed by atoms with Gasteiger partial charge in [0.15, 0.2) is 14.1 Å². The maximum Gasteiger partial charge on any atom is 0.191 e. The molecule has 1 aliphatic rings. The lowest BCUT2D eigenvalue weighted by atomic mass is 10.00. The van der Waals surface area contributed by atoms with Crippen LogP contribution in [0.2, 0.25) is 18.1 Å². The zero-order valence-corrected chi connectivity index (χ0v) is 18.9. The van der Waals surface area contributed by atoms with E-state index in [4.69, 9.17) is 9.16 Å². The Labute approximate surface area is 170 Å². The van der Waals surface area contributed by atoms with Crippen molar-refractivity contribution in [3.8, 4) is 11.1 Å². The summed E-state index contributed by atoms with van der Waals surface area (Å²) in [4.78, 5) is 2.30. The lowest BCUT2D eigenvalue weighted by Crippen LogP contribution is -2.41. The third-order valence-corrected chi connectivity index (χ3v) is 10.5. The van der Waals surface area contributed by atoms with Crippen molar-refractivity contribution in [3.63, 3.8) is 0 Å². The first-order valence-corrected chi connectivity index (χ1v) is 13.1. The molecule has 3 rings (SSSR count). The van der Waals surface area contributed by atoms with Crippen molar-refractivity contribution in [2.45, 2.75) is 45.3 Å². The van der Waals surface area contributed by atoms with Crippen molar-refractivity contribution in [2.75, 3.05) is 37.8 Å². The van der Waals surface area contributed by atoms with Gasteiger partial charge in [0.25, 0.3) is 0 Å². The van der Waals surface area contributed by atoms with Gasteiger partial charge in [0, 0.05) is 30.8 Å². The van der Waals surface area contributed by atoms with Crippen LogP contribution in [0.15, 0.2) is 36.5 Å². The number of nitrogens with zero attached hydrogens (tertiary/aromatic N) is 3. The van der Waals surface area contributed by atoms with E-state index in [0.29, 0.717) is 6.61 Å². The largest absolute Gasteiger partial charge is 0.416 e. The third kappa shape index (κ3) is 4.80. The van der Waals surface area contributed by atoms with Gasteiger partial charge >= 0.3 is 0 Å². The second kappa shape index (κ2) is 8.72. The number of aromatic nitrogens is 2. The quantitative estimate of drug-likeness (QED) is 0.667. The van der Waals surface area contributed by atoms with Gasteiger partial charge in [-0.25, -0.2) is 0 Å². The van der Waals surface area contributed by atoms with Crippen LogP contribution in [0.3, 0.4) is 0 Å². The second-order valence-electron chi connectivity index (χ2n) is 8.88. The molecule has 0 bridgehead atoms. The van der Waals surface area contributed by atoms with Gasteiger partial charge < -0.3 is 14.1 Å². The molecule has 0 saturated carbocycles. The fraction of sp³-hybridized carbons (Fsp3) is 0.545. The first-order valence-electron chi connectivity index (χ1n) is 10.2. The molecule has 0 unspecified atom stereocenters. The lowest BCUT2D eigenvalue weighted by Gasteiger charge is -2.36. The molecule has 1 aromatic carbocycles. The van der Waals surface area contributed by atoms with Crippen molar-refractivity contribution < 1.29 is 9.16 Å². The van der Waals surface area contributed by atoms with E-state index in [0.717, 1.165) is 44.1 Å². The molecule has 1 fully saturated rings. The first-order chi connectivity index (χ1) is 13.3. The minimum atomic E-state index is -1.78. The van der Waals surface area contributed by atoms with Crippen molar-refractivity contribution in [2.24, 2.45) is 0 Å². The molecule has 6 heteroatoms. The summed E-state index contributed by atoms with van der Waals surface area (Å²) in [7, 11) is -1.78. The van der Waals surface area contributed by atoms with Gasteiger partial charge in [0.1, 0.15) is 0 Å². The highest BCUT2D eigenvalue weighted by Crippen LogP contribution is 2.37. The number of hydrogen-bond acceptors (Lipinski definition) is 5. The highest BCUT2D eigenvalue weighted by molar-refractivity contribution is 6.74. The van der Waals surface area contributed by atoms with E-state index in [-0.39, 0.29) is 5.04 Å². The summed E-state index contributed by atoms with van der Waals surface area (Å²) >= 11 is 0. The van der Waals surface area contributed by atoms with Crippen LogP contribution in [0.5, 0.6) is 0 Å². The molecule has 2 aromatic rings. The number of morpholine rings is 1. The Bertz CT molecular complexity index is 769. The molecule has 28 heavy (non-hydrogen) atoms. The molecule has 0 radical (unpaired) electrons. The van der Waals surface area contributed by atoms with E-state index in [2.05, 4.69) is 73.2 Å². The Morgan fingerprint density at radius 3 is 2.43 bits per heavy atom. The van der Waals surface area contributed by atoms with Crippen LogP contribution in [0.1, 0.15) is 26.3 Å². The summed E-state index contributed by atoms with van der Waals surface area (Å²) in [6.07, 6.45) is 2.72. The molecular weight excluding hydrogens is 366 g/mol. The Morgan fingerprint density at radius 2 is 1.79 bits per heavy atom. The summed E-state index contributed by atoms with van der Waals surface area (Å²) in [5.41, 5.74) is 3.55. The van der Waals surface area contributed by atoms with Crippen LogP contribution in [0, 0.1) is 0 Å². The molecule has 152 valence electrons. The molecule has 0 aliphatic carbocycles. The summed E-state index contributed by atoms with van der Waals surface area (Å²) in [5, 5.41) is 9.06. The average molecular weight is 400 g/mol. The van der Waals surface area contributed by atoms with Crippen molar-refractivity contribution in [3.05, 3.63) is 42.1 Å². The molecular formula is C22H33N3O2Si. The predicted octanol–water partition coefficient (Wildman–Crippen LogP) is 4.54. The molecule has 0 N–H and O–H groups in total. The number of anilines is 1. The van der Waals surface area contributed by atoms with E-state index in [1.54, 1.807) is 0 Å². The fourth-order valence-corrected chi connectivity index (χ4v) is 4.21. The number of benzene rings is 1. The van der Waals surface area contributed by atoms with Gasteiger partial charge in [-0.2, -0.15) is 5.10 Å². The molecule has 5 nitrogen and oxygen atoms in total. The molecule has 0 amide bonds. The number of hydrogen-bond donors (Lipinski definition) is 0. The smallest absolute Gasteiger partial charge is 0.191 e. The van der Waals surface area contributed by atoms with Crippen LogP contribution >= 0.6 is 0 Å². The normalized spacial score (nSPS) is 15.7. The van der Waals surface area contributed by atoms with E-state index in [1.165, 1.54) is 11.1 Å². The molecule has 2 heterocycles. The van der Waals surface area contributed by atoms with Gasteiger partial charge in [-0.1, -0.05) is 51.1 Å². The monoisotopic (exact) mass is 399 g/mol. The molecule has 1 aliphatic heterocycles. The summed E-state index contributed by atoms with van der Waals surface area (Å²) in [6.45, 7) is 15.3. The van der Waals surface area contributed by atoms with Gasteiger partial charge in [-0.3, -0.25) is 0 Å². The van der Waals surface area contributed by atoms with Gasteiger partial charge in [-0.05, 0) is 30.1 Å². The van der Waals surface area contributed by atoms with E-state index in [9.17, 15) is 0 Å². The summed E-state index contributed by atoms with van der Waals surface area (Å²) < 4.78 is 12.0. The Morgan fingerprint density at radius 1 is 1.11 bits per heavy atom. The van der Waals surface area contributed by atoms with Gasteiger partial charge in [0.2, 0.25) is 0 Å². The Hall–Kier alpha value is -1.76. The molecule has 0 atom stereocenters. The van der Waals surface area contributed by atoms with Crippen molar-refractivity contribution >= 4 is 14.1 Å². The summed E-state index contributed by atoms with van der Waals surface area (Å²) in [6, 6.07) is 10.5. The van der Waals surface area contributed by atoms with Gasteiger partial charge in [-0.15, -0.1) is 5.10 Å². The Balaban J connectivity index is 1.89. The molecule has 0 spiro atoms. The third-order valence-electron chi connectivity index (χ3n) is 5.95. The highest BCUT2D eigenvalue weighted by atomic mass is 28.4. The fourth-order valence-electron chi connectivity index (χ4n) is 3.17. The number of rotatable bonds is 6. The topological polar surface area (TPSA) is 47.5 Å². The number of ether oxygens (including phenoxy) is 1. The second-order valence-corrected chi connectivity index (χ2v) is 13.7. The average Bonchev–Trinajstić information content (AvgIpc) is 2.68. The van der Waals surface area contributed by atoms with Crippen LogP contribution in [0.25, 0.3) is 11.1 Å². The molecule has 1 saturated heterocycles. The zero-order chi connectivity index (χ0) is 20.2. The minimum absolute atomic E-state index is 0.207. The van der Waals surface area contributed by atoms with Gasteiger partial charge in [0.05, 0.1) is 19.4 Å². The maximum absolute atomic E-state index is 6.48.